The monoisotopic (exact) mass is 481 g/mol. The van der Waals surface area contributed by atoms with Crippen molar-refractivity contribution in [3.63, 3.8) is 0 Å². The highest BCUT2D eigenvalue weighted by atomic mass is 16.5. The molecule has 184 valence electrons. The average molecular weight is 482 g/mol. The Morgan fingerprint density at radius 1 is 0.972 bits per heavy atom. The lowest BCUT2D eigenvalue weighted by atomic mass is 10.0. The first-order valence-electron chi connectivity index (χ1n) is 12.7. The number of rotatable bonds is 8. The zero-order chi connectivity index (χ0) is 24.3. The minimum absolute atomic E-state index is 0.495. The van der Waals surface area contributed by atoms with Crippen LogP contribution in [-0.2, 0) is 17.7 Å². The third-order valence-corrected chi connectivity index (χ3v) is 6.97. The van der Waals surface area contributed by atoms with Crippen molar-refractivity contribution < 1.29 is 4.74 Å². The third-order valence-electron chi connectivity index (χ3n) is 6.97. The molecule has 0 atom stereocenters. The Morgan fingerprint density at radius 3 is 2.69 bits per heavy atom. The molecule has 0 spiro atoms. The number of fused-ring (bicyclic) bond motifs is 2. The van der Waals surface area contributed by atoms with E-state index in [9.17, 15) is 0 Å². The zero-order valence-electron chi connectivity index (χ0n) is 20.4. The van der Waals surface area contributed by atoms with Crippen LogP contribution in [-0.4, -0.2) is 62.1 Å². The highest BCUT2D eigenvalue weighted by molar-refractivity contribution is 5.92. The maximum absolute atomic E-state index is 6.35. The van der Waals surface area contributed by atoms with Crippen molar-refractivity contribution in [2.75, 3.05) is 38.6 Å². The molecule has 0 bridgehead atoms. The zero-order valence-corrected chi connectivity index (χ0v) is 20.4. The lowest BCUT2D eigenvalue weighted by Crippen LogP contribution is -2.36. The highest BCUT2D eigenvalue weighted by Crippen LogP contribution is 2.32. The Bertz CT molecular complexity index is 1470. The van der Waals surface area contributed by atoms with Gasteiger partial charge in [-0.3, -0.25) is 9.58 Å². The molecule has 8 nitrogen and oxygen atoms in total. The molecule has 0 unspecified atom stereocenters. The summed E-state index contributed by atoms with van der Waals surface area (Å²) in [7, 11) is 0. The quantitative estimate of drug-likeness (QED) is 0.337. The first-order valence-corrected chi connectivity index (χ1v) is 12.7. The van der Waals surface area contributed by atoms with E-state index >= 15 is 0 Å². The van der Waals surface area contributed by atoms with Crippen LogP contribution in [0.15, 0.2) is 67.1 Å². The molecule has 1 aliphatic heterocycles. The summed E-state index contributed by atoms with van der Waals surface area (Å²) in [4.78, 5) is 6.77. The molecule has 2 N–H and O–H groups in total. The fourth-order valence-corrected chi connectivity index (χ4v) is 5.08. The Labute approximate surface area is 210 Å². The van der Waals surface area contributed by atoms with E-state index in [-0.39, 0.29) is 0 Å². The number of benzene rings is 2. The Hall–Kier alpha value is -3.75. The lowest BCUT2D eigenvalue weighted by molar-refractivity contribution is 0.0372. The van der Waals surface area contributed by atoms with Crippen LogP contribution in [0, 0.1) is 0 Å². The van der Waals surface area contributed by atoms with Gasteiger partial charge in [0.25, 0.3) is 0 Å². The molecule has 36 heavy (non-hydrogen) atoms. The number of nitrogen functional groups attached to an aromatic ring is 1. The summed E-state index contributed by atoms with van der Waals surface area (Å²) >= 11 is 0. The molecule has 3 aromatic heterocycles. The fraction of sp³-hybridized carbons (Fsp3) is 0.321. The fourth-order valence-electron chi connectivity index (χ4n) is 5.08. The van der Waals surface area contributed by atoms with E-state index in [0.717, 1.165) is 91.9 Å². The van der Waals surface area contributed by atoms with Crippen molar-refractivity contribution in [2.45, 2.75) is 25.8 Å². The van der Waals surface area contributed by atoms with Crippen LogP contribution in [0.1, 0.15) is 24.1 Å². The number of aryl methyl sites for hydroxylation is 1. The van der Waals surface area contributed by atoms with Gasteiger partial charge in [0.2, 0.25) is 0 Å². The van der Waals surface area contributed by atoms with E-state index in [1.165, 1.54) is 11.9 Å². The van der Waals surface area contributed by atoms with E-state index in [0.29, 0.717) is 5.82 Å². The first-order chi connectivity index (χ1) is 17.7. The van der Waals surface area contributed by atoms with Gasteiger partial charge in [-0.15, -0.1) is 0 Å². The molecule has 0 amide bonds. The van der Waals surface area contributed by atoms with Gasteiger partial charge in [-0.1, -0.05) is 42.5 Å². The summed E-state index contributed by atoms with van der Waals surface area (Å²) in [6, 6.07) is 19.0. The van der Waals surface area contributed by atoms with Crippen LogP contribution in [0.3, 0.4) is 0 Å². The smallest absolute Gasteiger partial charge is 0.151 e. The van der Waals surface area contributed by atoms with Gasteiger partial charge in [0.05, 0.1) is 25.3 Å². The molecule has 1 fully saturated rings. The topological polar surface area (TPSA) is 86.5 Å². The molecule has 0 saturated carbocycles. The summed E-state index contributed by atoms with van der Waals surface area (Å²) in [5.74, 6) is 0.495. The van der Waals surface area contributed by atoms with Gasteiger partial charge in [-0.05, 0) is 49.1 Å². The van der Waals surface area contributed by atoms with Crippen LogP contribution in [0.25, 0.3) is 27.5 Å². The SMILES string of the molecule is Nc1ncnn2c(CCCCN3CCOCC3)cc(-c3ccc4cn(Cc5ccccc5)nc4c3)c12. The maximum Gasteiger partial charge on any atom is 0.151 e. The second kappa shape index (κ2) is 10.1. The van der Waals surface area contributed by atoms with E-state index in [2.05, 4.69) is 69.7 Å². The molecule has 4 heterocycles. The van der Waals surface area contributed by atoms with E-state index in [4.69, 9.17) is 15.6 Å². The molecule has 1 aliphatic rings. The van der Waals surface area contributed by atoms with Gasteiger partial charge in [-0.25, -0.2) is 9.50 Å². The predicted octanol–water partition coefficient (Wildman–Crippen LogP) is 4.03. The number of aromatic nitrogens is 5. The minimum Gasteiger partial charge on any atom is -0.382 e. The standard InChI is InChI=1S/C28H31N7O/c29-28-27-25(17-24(35(27)31-20-30-28)8-4-5-11-33-12-14-36-15-13-33)22-9-10-23-19-34(32-26(23)16-22)18-21-6-2-1-3-7-21/h1-3,6-7,9-10,16-17,19-20H,4-5,8,11-15,18H2,(H2,29,30,31). The van der Waals surface area contributed by atoms with Crippen molar-refractivity contribution >= 4 is 22.2 Å². The molecule has 6 rings (SSSR count). The van der Waals surface area contributed by atoms with Crippen molar-refractivity contribution in [3.8, 4) is 11.1 Å². The molecule has 5 aromatic rings. The van der Waals surface area contributed by atoms with Crippen molar-refractivity contribution in [2.24, 2.45) is 0 Å². The van der Waals surface area contributed by atoms with Crippen molar-refractivity contribution in [3.05, 3.63) is 78.4 Å². The van der Waals surface area contributed by atoms with Gasteiger partial charge >= 0.3 is 0 Å². The van der Waals surface area contributed by atoms with Gasteiger partial charge in [0.1, 0.15) is 11.8 Å². The van der Waals surface area contributed by atoms with E-state index in [1.54, 1.807) is 0 Å². The maximum atomic E-state index is 6.35. The molecular weight excluding hydrogens is 450 g/mol. The Balaban J connectivity index is 1.25. The summed E-state index contributed by atoms with van der Waals surface area (Å²) < 4.78 is 9.42. The number of hydrogen-bond donors (Lipinski definition) is 1. The second-order valence-electron chi connectivity index (χ2n) is 9.45. The second-order valence-corrected chi connectivity index (χ2v) is 9.45. The molecule has 0 radical (unpaired) electrons. The number of morpholine rings is 1. The summed E-state index contributed by atoms with van der Waals surface area (Å²) in [5.41, 5.74) is 12.7. The van der Waals surface area contributed by atoms with Crippen LogP contribution >= 0.6 is 0 Å². The number of nitrogens with zero attached hydrogens (tertiary/aromatic N) is 6. The van der Waals surface area contributed by atoms with E-state index < -0.39 is 0 Å². The molecule has 2 aromatic carbocycles. The lowest BCUT2D eigenvalue weighted by Gasteiger charge is -2.26. The first kappa shape index (κ1) is 22.7. The Morgan fingerprint density at radius 2 is 1.83 bits per heavy atom. The average Bonchev–Trinajstić information content (AvgIpc) is 3.49. The van der Waals surface area contributed by atoms with Crippen molar-refractivity contribution in [1.82, 2.24) is 29.3 Å². The van der Waals surface area contributed by atoms with Gasteiger partial charge in [0.15, 0.2) is 5.82 Å². The minimum atomic E-state index is 0.495. The summed E-state index contributed by atoms with van der Waals surface area (Å²) in [6.45, 7) is 5.61. The van der Waals surface area contributed by atoms with Gasteiger partial charge < -0.3 is 10.5 Å². The molecular formula is C28H31N7O. The van der Waals surface area contributed by atoms with Gasteiger partial charge in [-0.2, -0.15) is 10.2 Å². The highest BCUT2D eigenvalue weighted by Gasteiger charge is 2.16. The number of anilines is 1. The Kier molecular flexibility index (Phi) is 6.36. The van der Waals surface area contributed by atoms with Crippen molar-refractivity contribution in [1.29, 1.82) is 0 Å². The van der Waals surface area contributed by atoms with Gasteiger partial charge in [0, 0.05) is 35.9 Å². The summed E-state index contributed by atoms with van der Waals surface area (Å²) in [6.07, 6.45) is 6.82. The van der Waals surface area contributed by atoms with Crippen LogP contribution in [0.4, 0.5) is 5.82 Å². The van der Waals surface area contributed by atoms with Crippen LogP contribution in [0.5, 0.6) is 0 Å². The van der Waals surface area contributed by atoms with E-state index in [1.807, 2.05) is 15.3 Å². The predicted molar refractivity (Wildman–Crippen MR) is 142 cm³/mol. The van der Waals surface area contributed by atoms with Crippen LogP contribution in [0.2, 0.25) is 0 Å². The number of nitrogens with two attached hydrogens (primary N) is 1. The largest absolute Gasteiger partial charge is 0.382 e. The number of unbranched alkanes of at least 4 members (excludes halogenated alkanes) is 1. The summed E-state index contributed by atoms with van der Waals surface area (Å²) in [5, 5.41) is 10.5. The molecule has 0 aliphatic carbocycles. The molecule has 1 saturated heterocycles. The third kappa shape index (κ3) is 4.69. The normalized spacial score (nSPS) is 14.7. The number of ether oxygens (including phenoxy) is 1. The van der Waals surface area contributed by atoms with Crippen LogP contribution < -0.4 is 5.73 Å². The molecule has 8 heteroatoms. The number of hydrogen-bond acceptors (Lipinski definition) is 6.